The molecule has 0 unspecified atom stereocenters. The van der Waals surface area contributed by atoms with Gasteiger partial charge in [0.15, 0.2) is 0 Å². The summed E-state index contributed by atoms with van der Waals surface area (Å²) in [5, 5.41) is 14.7. The molecule has 0 amide bonds. The number of nitrogens with zero attached hydrogens (tertiary/aromatic N) is 1. The normalized spacial score (nSPS) is 19.1. The van der Waals surface area contributed by atoms with Gasteiger partial charge in [0.05, 0.1) is 0 Å². The van der Waals surface area contributed by atoms with Crippen LogP contribution in [0.1, 0.15) is 17.8 Å². The van der Waals surface area contributed by atoms with Crippen LogP contribution in [0.3, 0.4) is 0 Å². The third-order valence-electron chi connectivity index (χ3n) is 2.75. The van der Waals surface area contributed by atoms with Gasteiger partial charge in [-0.25, -0.2) is 9.78 Å². The molecule has 0 radical (unpaired) electrons. The molecule has 0 bridgehead atoms. The predicted octanol–water partition coefficient (Wildman–Crippen LogP) is 1.59. The molecule has 7 heteroatoms. The van der Waals surface area contributed by atoms with Crippen molar-refractivity contribution in [1.82, 2.24) is 10.3 Å². The lowest BCUT2D eigenvalue weighted by molar-refractivity contribution is -0.153. The summed E-state index contributed by atoms with van der Waals surface area (Å²) in [4.78, 5) is 15.0. The first-order valence-electron chi connectivity index (χ1n) is 5.30. The highest BCUT2D eigenvalue weighted by atomic mass is 79.9. The van der Waals surface area contributed by atoms with Crippen LogP contribution in [-0.2, 0) is 15.1 Å². The van der Waals surface area contributed by atoms with Gasteiger partial charge in [-0.3, -0.25) is 0 Å². The van der Waals surface area contributed by atoms with Gasteiger partial charge in [0, 0.05) is 5.38 Å². The molecule has 0 aliphatic carbocycles. The van der Waals surface area contributed by atoms with E-state index in [1.54, 1.807) is 0 Å². The smallest absolute Gasteiger partial charge is 0.329 e. The molecular weight excluding hydrogens is 308 g/mol. The number of carbonyl (C=O) groups is 1. The molecule has 5 nitrogen and oxygen atoms in total. The minimum absolute atomic E-state index is 0.281. The van der Waals surface area contributed by atoms with Crippen molar-refractivity contribution < 1.29 is 14.6 Å². The Morgan fingerprint density at radius 1 is 1.65 bits per heavy atom. The van der Waals surface area contributed by atoms with E-state index in [-0.39, 0.29) is 6.61 Å². The number of hydrogen-bond acceptors (Lipinski definition) is 5. The molecule has 94 valence electrons. The third kappa shape index (κ3) is 3.04. The number of thiazole rings is 1. The quantitative estimate of drug-likeness (QED) is 0.881. The van der Waals surface area contributed by atoms with Crippen molar-refractivity contribution in [3.8, 4) is 0 Å². The van der Waals surface area contributed by atoms with Gasteiger partial charge in [-0.15, -0.1) is 11.3 Å². The van der Waals surface area contributed by atoms with Gasteiger partial charge in [0.2, 0.25) is 0 Å². The third-order valence-corrected chi connectivity index (χ3v) is 4.49. The Labute approximate surface area is 111 Å². The van der Waals surface area contributed by atoms with Gasteiger partial charge in [0.25, 0.3) is 0 Å². The Balaban J connectivity index is 2.19. The number of piperidine rings is 1. The zero-order chi connectivity index (χ0) is 12.3. The summed E-state index contributed by atoms with van der Waals surface area (Å²) in [5.41, 5.74) is -0.541. The van der Waals surface area contributed by atoms with Crippen molar-refractivity contribution >= 4 is 33.2 Å². The second kappa shape index (κ2) is 5.43. The fourth-order valence-corrected chi connectivity index (χ4v) is 3.38. The molecule has 1 aliphatic heterocycles. The number of hydrogen-bond donors (Lipinski definition) is 2. The topological polar surface area (TPSA) is 71.5 Å². The number of carboxylic acid groups (broad SMARTS) is 1. The first-order valence-corrected chi connectivity index (χ1v) is 6.98. The monoisotopic (exact) mass is 320 g/mol. The molecule has 17 heavy (non-hydrogen) atoms. The molecule has 1 aromatic heterocycles. The molecule has 1 aliphatic rings. The van der Waals surface area contributed by atoms with E-state index in [4.69, 9.17) is 9.84 Å². The van der Waals surface area contributed by atoms with Crippen molar-refractivity contribution in [2.45, 2.75) is 18.4 Å². The minimum Gasteiger partial charge on any atom is -0.480 e. The summed E-state index contributed by atoms with van der Waals surface area (Å²) >= 11 is 4.82. The summed E-state index contributed by atoms with van der Waals surface area (Å²) in [6.45, 7) is 1.35. The average molecular weight is 321 g/mol. The van der Waals surface area contributed by atoms with E-state index in [0.29, 0.717) is 0 Å². The van der Waals surface area contributed by atoms with Crippen LogP contribution in [0.5, 0.6) is 0 Å². The maximum atomic E-state index is 10.7. The Morgan fingerprint density at radius 3 is 2.88 bits per heavy atom. The fraction of sp³-hybridized carbons (Fsp3) is 0.600. The number of nitrogens with one attached hydrogen (secondary N) is 1. The molecule has 1 saturated heterocycles. The number of aliphatic carboxylic acids is 1. The lowest BCUT2D eigenvalue weighted by Gasteiger charge is -2.35. The lowest BCUT2D eigenvalue weighted by Crippen LogP contribution is -2.42. The van der Waals surface area contributed by atoms with Gasteiger partial charge >= 0.3 is 5.97 Å². The van der Waals surface area contributed by atoms with Crippen molar-refractivity contribution in [3.05, 3.63) is 15.0 Å². The maximum absolute atomic E-state index is 10.7. The summed E-state index contributed by atoms with van der Waals surface area (Å²) in [6.07, 6.45) is 1.50. The number of halogens is 1. The van der Waals surface area contributed by atoms with E-state index in [1.807, 2.05) is 5.38 Å². The average Bonchev–Trinajstić information content (AvgIpc) is 2.75. The zero-order valence-electron chi connectivity index (χ0n) is 9.11. The molecular formula is C10H13BrN2O3S. The molecule has 0 aromatic carbocycles. The summed E-state index contributed by atoms with van der Waals surface area (Å²) in [5.74, 6) is -0.946. The highest BCUT2D eigenvalue weighted by molar-refractivity contribution is 9.10. The number of carboxylic acids is 1. The second-order valence-corrected chi connectivity index (χ2v) is 5.57. The summed E-state index contributed by atoms with van der Waals surface area (Å²) in [7, 11) is 0. The second-order valence-electron chi connectivity index (χ2n) is 3.90. The van der Waals surface area contributed by atoms with Crippen LogP contribution in [0, 0.1) is 0 Å². The van der Waals surface area contributed by atoms with Crippen LogP contribution in [0.2, 0.25) is 0 Å². The summed E-state index contributed by atoms with van der Waals surface area (Å²) in [6, 6.07) is 0. The Morgan fingerprint density at radius 2 is 2.35 bits per heavy atom. The first kappa shape index (κ1) is 12.9. The Kier molecular flexibility index (Phi) is 4.13. The number of ether oxygens (including phenoxy) is 1. The Hall–Kier alpha value is -0.500. The summed E-state index contributed by atoms with van der Waals surface area (Å²) < 4.78 is 6.39. The molecule has 0 atom stereocenters. The first-order chi connectivity index (χ1) is 8.12. The van der Waals surface area contributed by atoms with Crippen LogP contribution >= 0.6 is 27.3 Å². The molecule has 2 rings (SSSR count). The lowest BCUT2D eigenvalue weighted by atomic mass is 9.93. The number of rotatable bonds is 4. The predicted molar refractivity (Wildman–Crippen MR) is 67.2 cm³/mol. The van der Waals surface area contributed by atoms with Crippen LogP contribution in [0.25, 0.3) is 0 Å². The molecule has 0 spiro atoms. The van der Waals surface area contributed by atoms with E-state index >= 15 is 0 Å². The van der Waals surface area contributed by atoms with Crippen LogP contribution < -0.4 is 5.32 Å². The van der Waals surface area contributed by atoms with Crippen molar-refractivity contribution in [1.29, 1.82) is 0 Å². The van der Waals surface area contributed by atoms with Gasteiger partial charge in [-0.05, 0) is 41.9 Å². The highest BCUT2D eigenvalue weighted by Crippen LogP contribution is 2.37. The van der Waals surface area contributed by atoms with E-state index in [9.17, 15) is 4.79 Å². The largest absolute Gasteiger partial charge is 0.480 e. The maximum Gasteiger partial charge on any atom is 0.329 e. The molecule has 2 N–H and O–H groups in total. The van der Waals surface area contributed by atoms with Crippen molar-refractivity contribution in [2.24, 2.45) is 0 Å². The zero-order valence-corrected chi connectivity index (χ0v) is 11.5. The van der Waals surface area contributed by atoms with Gasteiger partial charge in [-0.1, -0.05) is 0 Å². The molecule has 1 fully saturated rings. The van der Waals surface area contributed by atoms with Gasteiger partial charge < -0.3 is 15.2 Å². The van der Waals surface area contributed by atoms with E-state index in [0.717, 1.165) is 35.5 Å². The highest BCUT2D eigenvalue weighted by Gasteiger charge is 2.38. The van der Waals surface area contributed by atoms with E-state index in [1.165, 1.54) is 11.3 Å². The van der Waals surface area contributed by atoms with Crippen LogP contribution in [0.15, 0.2) is 9.98 Å². The van der Waals surface area contributed by atoms with Crippen LogP contribution in [-0.4, -0.2) is 35.8 Å². The Bertz CT molecular complexity index is 404. The van der Waals surface area contributed by atoms with Crippen LogP contribution in [0.4, 0.5) is 0 Å². The van der Waals surface area contributed by atoms with E-state index in [2.05, 4.69) is 26.2 Å². The number of aromatic nitrogens is 1. The SMILES string of the molecule is O=C(O)COC1(c2nc(Br)cs2)CCNCC1. The van der Waals surface area contributed by atoms with Crippen molar-refractivity contribution in [2.75, 3.05) is 19.7 Å². The molecule has 0 saturated carbocycles. The minimum atomic E-state index is -0.946. The van der Waals surface area contributed by atoms with E-state index < -0.39 is 11.6 Å². The standard InChI is InChI=1S/C10H13BrN2O3S/c11-7-6-17-9(13-7)10(16-5-8(14)15)1-3-12-4-2-10/h6,12H,1-5H2,(H,14,15). The molecule has 2 heterocycles. The molecule has 1 aromatic rings. The van der Waals surface area contributed by atoms with Gasteiger partial charge in [-0.2, -0.15) is 0 Å². The van der Waals surface area contributed by atoms with Crippen molar-refractivity contribution in [3.63, 3.8) is 0 Å². The van der Waals surface area contributed by atoms with Gasteiger partial charge in [0.1, 0.15) is 21.8 Å². The fourth-order valence-electron chi connectivity index (χ4n) is 1.91.